The number of halogens is 4. The minimum absolute atomic E-state index is 0.0127. The Kier molecular flexibility index (Phi) is 6.50. The molecule has 5 nitrogen and oxygen atoms in total. The van der Waals surface area contributed by atoms with Crippen LogP contribution in [0.3, 0.4) is 0 Å². The van der Waals surface area contributed by atoms with Gasteiger partial charge in [-0.3, -0.25) is 0 Å². The number of nitrogens with one attached hydrogen (secondary N) is 1. The van der Waals surface area contributed by atoms with Gasteiger partial charge in [0.05, 0.1) is 11.8 Å². The highest BCUT2D eigenvalue weighted by Crippen LogP contribution is 2.41. The van der Waals surface area contributed by atoms with E-state index < -0.39 is 17.6 Å². The van der Waals surface area contributed by atoms with E-state index in [4.69, 9.17) is 4.74 Å². The van der Waals surface area contributed by atoms with Crippen LogP contribution in [0.4, 0.5) is 23.4 Å². The smallest absolute Gasteiger partial charge is 0.377 e. The van der Waals surface area contributed by atoms with Gasteiger partial charge in [0.2, 0.25) is 0 Å². The minimum atomic E-state index is -4.60. The van der Waals surface area contributed by atoms with Gasteiger partial charge in [0.1, 0.15) is 11.4 Å². The number of alkyl halides is 3. The first-order valence-corrected chi connectivity index (χ1v) is 12.1. The van der Waals surface area contributed by atoms with Crippen molar-refractivity contribution < 1.29 is 22.3 Å². The molecule has 34 heavy (non-hydrogen) atoms. The Morgan fingerprint density at radius 2 is 1.85 bits per heavy atom. The van der Waals surface area contributed by atoms with Gasteiger partial charge in [0, 0.05) is 37.8 Å². The number of nitrogens with zero attached hydrogens (tertiary/aromatic N) is 3. The van der Waals surface area contributed by atoms with Crippen LogP contribution in [0, 0.1) is 24.6 Å². The lowest BCUT2D eigenvalue weighted by Gasteiger charge is -2.28. The van der Waals surface area contributed by atoms with Gasteiger partial charge in [-0.15, -0.1) is 10.2 Å². The van der Waals surface area contributed by atoms with Gasteiger partial charge in [-0.2, -0.15) is 13.2 Å². The van der Waals surface area contributed by atoms with Gasteiger partial charge >= 0.3 is 6.18 Å². The Morgan fingerprint density at radius 1 is 1.09 bits per heavy atom. The van der Waals surface area contributed by atoms with Crippen LogP contribution in [-0.4, -0.2) is 53.5 Å². The lowest BCUT2D eigenvalue weighted by atomic mass is 10.0. The first kappa shape index (κ1) is 23.5. The highest BCUT2D eigenvalue weighted by molar-refractivity contribution is 5.65. The molecule has 0 amide bonds. The van der Waals surface area contributed by atoms with Crippen molar-refractivity contribution in [3.8, 4) is 11.3 Å². The number of ether oxygens (including phenoxy) is 1. The van der Waals surface area contributed by atoms with Crippen LogP contribution < -0.4 is 5.32 Å². The normalized spacial score (nSPS) is 27.7. The van der Waals surface area contributed by atoms with Crippen LogP contribution in [0.25, 0.3) is 11.3 Å². The van der Waals surface area contributed by atoms with Gasteiger partial charge in [-0.1, -0.05) is 6.07 Å². The first-order valence-electron chi connectivity index (χ1n) is 12.1. The van der Waals surface area contributed by atoms with Crippen LogP contribution in [0.5, 0.6) is 0 Å². The molecule has 1 N–H and O–H groups in total. The number of hydrogen-bond acceptors (Lipinski definition) is 5. The van der Waals surface area contributed by atoms with E-state index >= 15 is 0 Å². The van der Waals surface area contributed by atoms with Crippen molar-refractivity contribution in [1.82, 2.24) is 15.1 Å². The third-order valence-electron chi connectivity index (χ3n) is 7.48. The summed E-state index contributed by atoms with van der Waals surface area (Å²) in [4.78, 5) is 2.46. The summed E-state index contributed by atoms with van der Waals surface area (Å²) in [5, 5.41) is 11.0. The zero-order chi connectivity index (χ0) is 23.9. The van der Waals surface area contributed by atoms with Crippen molar-refractivity contribution in [2.24, 2.45) is 11.8 Å². The van der Waals surface area contributed by atoms with Crippen molar-refractivity contribution >= 4 is 5.82 Å². The summed E-state index contributed by atoms with van der Waals surface area (Å²) in [6.07, 6.45) is 0.816. The summed E-state index contributed by atoms with van der Waals surface area (Å²) in [5.41, 5.74) is 0.0892. The molecule has 1 saturated carbocycles. The van der Waals surface area contributed by atoms with Gasteiger partial charge in [0.25, 0.3) is 0 Å². The number of rotatable bonds is 5. The minimum Gasteiger partial charge on any atom is -0.377 e. The zero-order valence-corrected chi connectivity index (χ0v) is 19.2. The Hall–Kier alpha value is -2.26. The maximum atomic E-state index is 13.9. The third-order valence-corrected chi connectivity index (χ3v) is 7.48. The van der Waals surface area contributed by atoms with Gasteiger partial charge in [-0.05, 0) is 74.6 Å². The Balaban J connectivity index is 1.26. The molecular weight excluding hydrogens is 448 g/mol. The molecule has 2 saturated heterocycles. The summed E-state index contributed by atoms with van der Waals surface area (Å²) in [7, 11) is 0. The molecule has 3 fully saturated rings. The average Bonchev–Trinajstić information content (AvgIpc) is 3.33. The fraction of sp³-hybridized carbons (Fsp3) is 0.600. The molecule has 3 heterocycles. The monoisotopic (exact) mass is 478 g/mol. The third kappa shape index (κ3) is 5.05. The maximum Gasteiger partial charge on any atom is 0.420 e. The molecule has 1 aromatic heterocycles. The molecule has 3 aliphatic rings. The molecule has 184 valence electrons. The van der Waals surface area contributed by atoms with Crippen LogP contribution >= 0.6 is 0 Å². The van der Waals surface area contributed by atoms with E-state index in [1.165, 1.54) is 24.6 Å². The highest BCUT2D eigenvalue weighted by atomic mass is 19.4. The number of hydrogen-bond donors (Lipinski definition) is 1. The summed E-state index contributed by atoms with van der Waals surface area (Å²) in [6.45, 7) is 5.45. The highest BCUT2D eigenvalue weighted by Gasteiger charge is 2.43. The molecule has 2 aromatic rings. The molecule has 0 spiro atoms. The van der Waals surface area contributed by atoms with Crippen molar-refractivity contribution in [3.63, 3.8) is 0 Å². The van der Waals surface area contributed by atoms with E-state index in [1.807, 2.05) is 0 Å². The van der Waals surface area contributed by atoms with Crippen LogP contribution in [-0.2, 0) is 10.9 Å². The molecule has 1 aromatic carbocycles. The van der Waals surface area contributed by atoms with E-state index in [0.717, 1.165) is 58.0 Å². The molecule has 2 aliphatic heterocycles. The molecule has 5 rings (SSSR count). The fourth-order valence-corrected chi connectivity index (χ4v) is 5.81. The summed E-state index contributed by atoms with van der Waals surface area (Å²) in [6, 6.07) is 4.88. The standard InChI is InChI=1S/C25H30F4N4O/c1-15-5-6-18(26)10-21(15)23-11-22(25(27,28)29)24(32-31-23)30-19-8-16-12-33(13-17(16)9-19)14-20-4-2-3-7-34-20/h5-6,10-11,16-17,19-20H,2-4,7-9,12-14H2,1H3,(H,30,32)/t16-,17+,19+,20?. The van der Waals surface area contributed by atoms with E-state index in [1.54, 1.807) is 6.92 Å². The largest absolute Gasteiger partial charge is 0.420 e. The number of anilines is 1. The van der Waals surface area contributed by atoms with E-state index in [9.17, 15) is 17.6 Å². The van der Waals surface area contributed by atoms with E-state index in [0.29, 0.717) is 29.1 Å². The second-order valence-electron chi connectivity index (χ2n) is 9.99. The molecule has 0 radical (unpaired) electrons. The van der Waals surface area contributed by atoms with Crippen LogP contribution in [0.15, 0.2) is 24.3 Å². The molecule has 4 atom stereocenters. The molecule has 1 aliphatic carbocycles. The quantitative estimate of drug-likeness (QED) is 0.591. The van der Waals surface area contributed by atoms with Crippen LogP contribution in [0.2, 0.25) is 0 Å². The van der Waals surface area contributed by atoms with Crippen molar-refractivity contribution in [3.05, 3.63) is 41.2 Å². The van der Waals surface area contributed by atoms with Crippen molar-refractivity contribution in [1.29, 1.82) is 0 Å². The number of fused-ring (bicyclic) bond motifs is 1. The van der Waals surface area contributed by atoms with Crippen molar-refractivity contribution in [2.75, 3.05) is 31.6 Å². The molecule has 0 bridgehead atoms. The first-order chi connectivity index (χ1) is 16.3. The Labute approximate surface area is 196 Å². The Bertz CT molecular complexity index is 1010. The van der Waals surface area contributed by atoms with E-state index in [-0.39, 0.29) is 17.6 Å². The second-order valence-corrected chi connectivity index (χ2v) is 9.99. The predicted molar refractivity (Wildman–Crippen MR) is 121 cm³/mol. The van der Waals surface area contributed by atoms with E-state index in [2.05, 4.69) is 20.4 Å². The second kappa shape index (κ2) is 9.41. The summed E-state index contributed by atoms with van der Waals surface area (Å²) >= 11 is 0. The fourth-order valence-electron chi connectivity index (χ4n) is 5.81. The number of aryl methyl sites for hydroxylation is 1. The van der Waals surface area contributed by atoms with Gasteiger partial charge in [-0.25, -0.2) is 4.39 Å². The number of aromatic nitrogens is 2. The molecular formula is C25H30F4N4O. The lowest BCUT2D eigenvalue weighted by Crippen LogP contribution is -2.35. The Morgan fingerprint density at radius 3 is 2.53 bits per heavy atom. The maximum absolute atomic E-state index is 13.9. The van der Waals surface area contributed by atoms with Crippen LogP contribution in [0.1, 0.15) is 43.2 Å². The molecule has 1 unspecified atom stereocenters. The van der Waals surface area contributed by atoms with Gasteiger partial charge in [0.15, 0.2) is 5.82 Å². The lowest BCUT2D eigenvalue weighted by molar-refractivity contribution is -0.137. The zero-order valence-electron chi connectivity index (χ0n) is 19.2. The van der Waals surface area contributed by atoms with Gasteiger partial charge < -0.3 is 15.0 Å². The SMILES string of the molecule is Cc1ccc(F)cc1-c1cc(C(F)(F)F)c(N[C@H]2C[C@@H]3CN(CC4CCCCO4)C[C@@H]3C2)nn1. The predicted octanol–water partition coefficient (Wildman–Crippen LogP) is 5.30. The summed E-state index contributed by atoms with van der Waals surface area (Å²) in [5.74, 6) is 0.165. The average molecular weight is 479 g/mol. The summed E-state index contributed by atoms with van der Waals surface area (Å²) < 4.78 is 61.3. The number of likely N-dealkylation sites (tertiary alicyclic amines) is 1. The molecule has 9 heteroatoms. The topological polar surface area (TPSA) is 50.3 Å². The van der Waals surface area contributed by atoms with Crippen molar-refractivity contribution in [2.45, 2.75) is 57.3 Å². The number of benzene rings is 1.